The number of carbonyl (C=O) groups excluding carboxylic acids is 1. The quantitative estimate of drug-likeness (QED) is 0.108. The Bertz CT molecular complexity index is 1400. The Hall–Kier alpha value is -3.74. The summed E-state index contributed by atoms with van der Waals surface area (Å²) in [5, 5.41) is 11.2. The maximum absolute atomic E-state index is 12.9. The van der Waals surface area contributed by atoms with Gasteiger partial charge in [-0.2, -0.15) is 13.2 Å². The van der Waals surface area contributed by atoms with Crippen LogP contribution in [0.15, 0.2) is 71.4 Å². The van der Waals surface area contributed by atoms with Gasteiger partial charge < -0.3 is 9.47 Å². The van der Waals surface area contributed by atoms with E-state index in [1.807, 2.05) is 19.1 Å². The van der Waals surface area contributed by atoms with Crippen molar-refractivity contribution in [2.75, 3.05) is 0 Å². The van der Waals surface area contributed by atoms with Crippen LogP contribution in [0.3, 0.4) is 0 Å². The van der Waals surface area contributed by atoms with Crippen LogP contribution < -0.4 is 4.74 Å². The zero-order valence-corrected chi connectivity index (χ0v) is 20.0. The van der Waals surface area contributed by atoms with Crippen LogP contribution >= 0.6 is 22.6 Å². The molecule has 35 heavy (non-hydrogen) atoms. The maximum atomic E-state index is 12.9. The second-order valence-electron chi connectivity index (χ2n) is 7.41. The van der Waals surface area contributed by atoms with Gasteiger partial charge in [0.05, 0.1) is 10.5 Å². The molecule has 0 amide bonds. The van der Waals surface area contributed by atoms with Gasteiger partial charge >= 0.3 is 17.8 Å². The molecule has 1 aliphatic heterocycles. The van der Waals surface area contributed by atoms with Gasteiger partial charge in [0.15, 0.2) is 5.70 Å². The molecule has 0 bridgehead atoms. The molecule has 0 fully saturated rings. The molecule has 0 aliphatic carbocycles. The number of ether oxygens (including phenoxy) is 2. The van der Waals surface area contributed by atoms with Crippen LogP contribution in [0.25, 0.3) is 6.08 Å². The Morgan fingerprint density at radius 3 is 2.43 bits per heavy atom. The zero-order valence-electron chi connectivity index (χ0n) is 17.8. The van der Waals surface area contributed by atoms with Crippen LogP contribution in [-0.2, 0) is 15.7 Å². The Morgan fingerprint density at radius 2 is 1.80 bits per heavy atom. The molecule has 0 N–H and O–H groups in total. The van der Waals surface area contributed by atoms with Crippen molar-refractivity contribution in [2.45, 2.75) is 13.1 Å². The smallest absolute Gasteiger partial charge is 0.416 e. The number of nitro benzene ring substituents is 1. The lowest BCUT2D eigenvalue weighted by molar-refractivity contribution is -0.385. The number of esters is 1. The number of aliphatic imine (C=N–C) groups is 1. The minimum Gasteiger partial charge on any atom is -0.450 e. The van der Waals surface area contributed by atoms with E-state index in [-0.39, 0.29) is 23.1 Å². The predicted molar refractivity (Wildman–Crippen MR) is 129 cm³/mol. The summed E-state index contributed by atoms with van der Waals surface area (Å²) in [7, 11) is 0. The molecule has 3 aromatic carbocycles. The van der Waals surface area contributed by atoms with Gasteiger partial charge in [0, 0.05) is 15.2 Å². The minimum absolute atomic E-state index is 0.0863. The number of carbonyl (C=O) groups is 1. The first-order valence-corrected chi connectivity index (χ1v) is 11.0. The molecule has 0 radical (unpaired) electrons. The van der Waals surface area contributed by atoms with E-state index in [9.17, 15) is 28.1 Å². The lowest BCUT2D eigenvalue weighted by Crippen LogP contribution is -2.06. The summed E-state index contributed by atoms with van der Waals surface area (Å²) in [4.78, 5) is 26.8. The normalized spacial score (nSPS) is 14.6. The number of cyclic esters (lactones) is 1. The lowest BCUT2D eigenvalue weighted by atomic mass is 10.1. The summed E-state index contributed by atoms with van der Waals surface area (Å²) in [5.74, 6) is -0.606. The van der Waals surface area contributed by atoms with E-state index in [1.165, 1.54) is 18.2 Å². The molecule has 0 aromatic heterocycles. The highest BCUT2D eigenvalue weighted by Crippen LogP contribution is 2.38. The molecule has 7 nitrogen and oxygen atoms in total. The van der Waals surface area contributed by atoms with Crippen molar-refractivity contribution in [3.05, 3.63) is 102 Å². The first-order valence-electron chi connectivity index (χ1n) is 9.94. The number of rotatable bonds is 5. The Balaban J connectivity index is 1.55. The first kappa shape index (κ1) is 24.4. The Kier molecular flexibility index (Phi) is 6.61. The molecule has 1 aliphatic rings. The van der Waals surface area contributed by atoms with Crippen molar-refractivity contribution in [1.82, 2.24) is 0 Å². The molecule has 3 aromatic rings. The van der Waals surface area contributed by atoms with Gasteiger partial charge in [0.25, 0.3) is 0 Å². The van der Waals surface area contributed by atoms with Crippen molar-refractivity contribution in [3.63, 3.8) is 0 Å². The van der Waals surface area contributed by atoms with Crippen molar-refractivity contribution in [1.29, 1.82) is 0 Å². The maximum Gasteiger partial charge on any atom is 0.416 e. The van der Waals surface area contributed by atoms with Crippen LogP contribution in [-0.4, -0.2) is 16.8 Å². The third-order valence-corrected chi connectivity index (χ3v) is 6.13. The van der Waals surface area contributed by atoms with Crippen LogP contribution in [0.2, 0.25) is 0 Å². The third kappa shape index (κ3) is 5.50. The van der Waals surface area contributed by atoms with E-state index in [0.29, 0.717) is 23.3 Å². The van der Waals surface area contributed by atoms with Crippen molar-refractivity contribution in [3.8, 4) is 11.5 Å². The Labute approximate surface area is 210 Å². The van der Waals surface area contributed by atoms with E-state index < -0.39 is 28.3 Å². The fourth-order valence-electron chi connectivity index (χ4n) is 3.15. The Morgan fingerprint density at radius 1 is 1.09 bits per heavy atom. The molecular weight excluding hydrogens is 580 g/mol. The second kappa shape index (κ2) is 9.49. The molecule has 0 spiro atoms. The van der Waals surface area contributed by atoms with E-state index >= 15 is 0 Å². The monoisotopic (exact) mass is 594 g/mol. The molecule has 0 saturated carbocycles. The highest BCUT2D eigenvalue weighted by atomic mass is 127. The summed E-state index contributed by atoms with van der Waals surface area (Å²) in [6.45, 7) is 1.93. The number of aryl methyl sites for hydroxylation is 1. The van der Waals surface area contributed by atoms with Crippen molar-refractivity contribution < 1.29 is 32.4 Å². The fourth-order valence-corrected chi connectivity index (χ4v) is 3.49. The number of halogens is 4. The number of alkyl halides is 3. The lowest BCUT2D eigenvalue weighted by Gasteiger charge is -2.10. The van der Waals surface area contributed by atoms with Gasteiger partial charge in [-0.15, -0.1) is 0 Å². The van der Waals surface area contributed by atoms with Gasteiger partial charge in [-0.3, -0.25) is 10.1 Å². The van der Waals surface area contributed by atoms with Gasteiger partial charge in [-0.25, -0.2) is 9.79 Å². The summed E-state index contributed by atoms with van der Waals surface area (Å²) in [6.07, 6.45) is -3.22. The minimum atomic E-state index is -4.72. The zero-order chi connectivity index (χ0) is 25.3. The third-order valence-electron chi connectivity index (χ3n) is 4.92. The van der Waals surface area contributed by atoms with Crippen molar-refractivity contribution >= 4 is 46.2 Å². The fraction of sp³-hybridized carbons (Fsp3) is 0.0833. The SMILES string of the molecule is Cc1cc(C2=N/C(=C\c3ccc(Oc4ccc(C(F)(F)F)cc4[N+](=O)[O-])cc3)C(=O)O2)ccc1I. The number of hydrogen-bond acceptors (Lipinski definition) is 6. The predicted octanol–water partition coefficient (Wildman–Crippen LogP) is 6.66. The van der Waals surface area contributed by atoms with E-state index in [1.54, 1.807) is 18.2 Å². The largest absolute Gasteiger partial charge is 0.450 e. The van der Waals surface area contributed by atoms with E-state index in [2.05, 4.69) is 27.6 Å². The van der Waals surface area contributed by atoms with E-state index in [4.69, 9.17) is 9.47 Å². The highest BCUT2D eigenvalue weighted by Gasteiger charge is 2.33. The number of benzene rings is 3. The van der Waals surface area contributed by atoms with Gasteiger partial charge in [0.1, 0.15) is 5.75 Å². The second-order valence-corrected chi connectivity index (χ2v) is 8.57. The van der Waals surface area contributed by atoms with Gasteiger partial charge in [0.2, 0.25) is 11.6 Å². The number of nitro groups is 1. The first-order chi connectivity index (χ1) is 16.5. The van der Waals surface area contributed by atoms with Crippen molar-refractivity contribution in [2.24, 2.45) is 4.99 Å². The molecule has 11 heteroatoms. The average molecular weight is 594 g/mol. The molecular formula is C24H14F3IN2O5. The molecule has 4 rings (SSSR count). The summed E-state index contributed by atoms with van der Waals surface area (Å²) in [6, 6.07) is 13.6. The summed E-state index contributed by atoms with van der Waals surface area (Å²) >= 11 is 2.20. The summed E-state index contributed by atoms with van der Waals surface area (Å²) < 4.78 is 50.4. The van der Waals surface area contributed by atoms with E-state index in [0.717, 1.165) is 15.2 Å². The average Bonchev–Trinajstić information content (AvgIpc) is 3.16. The van der Waals surface area contributed by atoms with Gasteiger partial charge in [-0.05, 0) is 89.2 Å². The molecule has 0 unspecified atom stereocenters. The summed E-state index contributed by atoms with van der Waals surface area (Å²) in [5.41, 5.74) is 0.373. The number of hydrogen-bond donors (Lipinski definition) is 0. The van der Waals surface area contributed by atoms with Crippen LogP contribution in [0, 0.1) is 20.6 Å². The standard InChI is InChI=1S/C24H14F3IN2O5/c1-13-10-15(4-8-18(13)28)22-29-19(23(31)35-22)11-14-2-6-17(7-3-14)34-21-9-5-16(24(25,26)27)12-20(21)30(32)33/h2-12H,1H3/b19-11-. The highest BCUT2D eigenvalue weighted by molar-refractivity contribution is 14.1. The topological polar surface area (TPSA) is 91.0 Å². The molecule has 178 valence electrons. The molecule has 0 saturated heterocycles. The van der Waals surface area contributed by atoms with Crippen LogP contribution in [0.1, 0.15) is 22.3 Å². The number of nitrogens with zero attached hydrogens (tertiary/aromatic N) is 2. The molecule has 1 heterocycles. The molecule has 0 atom stereocenters. The van der Waals surface area contributed by atoms with Crippen LogP contribution in [0.4, 0.5) is 18.9 Å². The van der Waals surface area contributed by atoms with Gasteiger partial charge in [-0.1, -0.05) is 12.1 Å². The van der Waals surface area contributed by atoms with Crippen LogP contribution in [0.5, 0.6) is 11.5 Å².